The maximum atomic E-state index is 11.7. The molecule has 0 atom stereocenters. The molecule has 0 aromatic heterocycles. The molecule has 0 spiro atoms. The Balaban J connectivity index is 2.79. The molecule has 0 fully saturated rings. The summed E-state index contributed by atoms with van der Waals surface area (Å²) in [7, 11) is 0. The molecule has 0 aliphatic rings. The van der Waals surface area contributed by atoms with Gasteiger partial charge in [-0.2, -0.15) is 0 Å². The van der Waals surface area contributed by atoms with Gasteiger partial charge in [-0.3, -0.25) is 10.1 Å². The van der Waals surface area contributed by atoms with Gasteiger partial charge in [-0.15, -0.1) is 0 Å². The van der Waals surface area contributed by atoms with Gasteiger partial charge in [0.05, 0.1) is 16.2 Å². The number of unbranched alkanes of at least 4 members (excludes halogenated alkanes) is 10. The molecule has 0 radical (unpaired) electrons. The highest BCUT2D eigenvalue weighted by Crippen LogP contribution is 2.27. The summed E-state index contributed by atoms with van der Waals surface area (Å²) in [6.07, 6.45) is 14.1. The molecule has 164 valence electrons. The number of aromatic carboxylic acids is 1. The Hall–Kier alpha value is -2.11. The number of nitro groups is 1. The maximum Gasteiger partial charge on any atom is 0.338 e. The van der Waals surface area contributed by atoms with Crippen LogP contribution in [0, 0.1) is 10.1 Å². The standard InChI is InChI=1S/C23H38N2O4/c1-3-5-7-9-11-13-17-24(18-14-12-10-8-6-4-2)22-16-15-20(25(28)29)19-21(22)23(26)27/h15-16,19H,3-14,17-18H2,1-2H3,(H,26,27). The largest absolute Gasteiger partial charge is 0.478 e. The third-order valence-electron chi connectivity index (χ3n) is 5.33. The third kappa shape index (κ3) is 9.77. The molecule has 0 amide bonds. The van der Waals surface area contributed by atoms with Crippen LogP contribution in [0.3, 0.4) is 0 Å². The molecular formula is C23H38N2O4. The Bertz CT molecular complexity index is 603. The summed E-state index contributed by atoms with van der Waals surface area (Å²) in [5.41, 5.74) is 0.451. The van der Waals surface area contributed by atoms with Gasteiger partial charge in [0.2, 0.25) is 0 Å². The van der Waals surface area contributed by atoms with Gasteiger partial charge in [0.15, 0.2) is 0 Å². The Kier molecular flexibility index (Phi) is 12.7. The topological polar surface area (TPSA) is 83.7 Å². The van der Waals surface area contributed by atoms with Crippen LogP contribution in [0.1, 0.15) is 101 Å². The molecule has 6 nitrogen and oxygen atoms in total. The second kappa shape index (κ2) is 14.8. The van der Waals surface area contributed by atoms with E-state index in [0.29, 0.717) is 5.69 Å². The zero-order valence-corrected chi connectivity index (χ0v) is 18.2. The van der Waals surface area contributed by atoms with Crippen LogP contribution < -0.4 is 4.90 Å². The number of hydrogen-bond acceptors (Lipinski definition) is 4. The van der Waals surface area contributed by atoms with Crippen LogP contribution >= 0.6 is 0 Å². The third-order valence-corrected chi connectivity index (χ3v) is 5.33. The van der Waals surface area contributed by atoms with E-state index in [1.54, 1.807) is 6.07 Å². The Morgan fingerprint density at radius 2 is 1.38 bits per heavy atom. The van der Waals surface area contributed by atoms with Crippen molar-refractivity contribution >= 4 is 17.3 Å². The lowest BCUT2D eigenvalue weighted by atomic mass is 10.1. The molecule has 1 aromatic rings. The highest BCUT2D eigenvalue weighted by Gasteiger charge is 2.20. The van der Waals surface area contributed by atoms with E-state index in [1.165, 1.54) is 63.5 Å². The van der Waals surface area contributed by atoms with E-state index >= 15 is 0 Å². The number of anilines is 1. The number of nitrogens with zero attached hydrogens (tertiary/aromatic N) is 2. The molecule has 0 saturated carbocycles. The molecule has 0 heterocycles. The predicted octanol–water partition coefficient (Wildman–Crippen LogP) is 6.82. The van der Waals surface area contributed by atoms with E-state index in [2.05, 4.69) is 18.7 Å². The SMILES string of the molecule is CCCCCCCCN(CCCCCCCC)c1ccc([N+](=O)[O-])cc1C(=O)O. The van der Waals surface area contributed by atoms with E-state index in [9.17, 15) is 20.0 Å². The molecule has 0 saturated heterocycles. The number of carboxylic acid groups (broad SMARTS) is 1. The molecule has 6 heteroatoms. The first-order chi connectivity index (χ1) is 14.0. The van der Waals surface area contributed by atoms with Crippen molar-refractivity contribution in [2.24, 2.45) is 0 Å². The van der Waals surface area contributed by atoms with Crippen molar-refractivity contribution in [1.82, 2.24) is 0 Å². The average molecular weight is 407 g/mol. The Morgan fingerprint density at radius 3 is 1.83 bits per heavy atom. The number of carboxylic acids is 1. The molecule has 1 N–H and O–H groups in total. The molecular weight excluding hydrogens is 368 g/mol. The quantitative estimate of drug-likeness (QED) is 0.174. The molecule has 29 heavy (non-hydrogen) atoms. The summed E-state index contributed by atoms with van der Waals surface area (Å²) in [6.45, 7) is 5.98. The molecule has 0 bridgehead atoms. The predicted molar refractivity (Wildman–Crippen MR) is 119 cm³/mol. The highest BCUT2D eigenvalue weighted by molar-refractivity contribution is 5.95. The van der Waals surface area contributed by atoms with Gasteiger partial charge in [-0.25, -0.2) is 4.79 Å². The van der Waals surface area contributed by atoms with Gasteiger partial charge in [-0.05, 0) is 18.9 Å². The minimum absolute atomic E-state index is 0.0242. The minimum Gasteiger partial charge on any atom is -0.478 e. The van der Waals surface area contributed by atoms with Gasteiger partial charge in [0.25, 0.3) is 5.69 Å². The zero-order valence-electron chi connectivity index (χ0n) is 18.2. The lowest BCUT2D eigenvalue weighted by Gasteiger charge is -2.26. The smallest absolute Gasteiger partial charge is 0.338 e. The summed E-state index contributed by atoms with van der Waals surface area (Å²) in [4.78, 5) is 24.4. The number of nitro benzene ring substituents is 1. The fraction of sp³-hybridized carbons (Fsp3) is 0.696. The first-order valence-electron chi connectivity index (χ1n) is 11.3. The van der Waals surface area contributed by atoms with E-state index in [1.807, 2.05) is 0 Å². The van der Waals surface area contributed by atoms with Crippen LogP contribution in [0.25, 0.3) is 0 Å². The molecule has 0 unspecified atom stereocenters. The molecule has 0 aliphatic carbocycles. The van der Waals surface area contributed by atoms with Gasteiger partial charge in [-0.1, -0.05) is 78.1 Å². The van der Waals surface area contributed by atoms with Crippen LogP contribution in [-0.4, -0.2) is 29.1 Å². The molecule has 1 aromatic carbocycles. The fourth-order valence-corrected chi connectivity index (χ4v) is 3.60. The van der Waals surface area contributed by atoms with Crippen molar-refractivity contribution in [1.29, 1.82) is 0 Å². The van der Waals surface area contributed by atoms with Crippen LogP contribution in [0.4, 0.5) is 11.4 Å². The maximum absolute atomic E-state index is 11.7. The van der Waals surface area contributed by atoms with Crippen molar-refractivity contribution in [3.63, 3.8) is 0 Å². The minimum atomic E-state index is -1.11. The van der Waals surface area contributed by atoms with Crippen LogP contribution in [0.15, 0.2) is 18.2 Å². The van der Waals surface area contributed by atoms with E-state index in [4.69, 9.17) is 0 Å². The number of hydrogen-bond donors (Lipinski definition) is 1. The van der Waals surface area contributed by atoms with Crippen LogP contribution in [0.5, 0.6) is 0 Å². The first-order valence-corrected chi connectivity index (χ1v) is 11.3. The second-order valence-electron chi connectivity index (χ2n) is 7.79. The first kappa shape index (κ1) is 24.9. The number of non-ortho nitro benzene ring substituents is 1. The van der Waals surface area contributed by atoms with Crippen molar-refractivity contribution < 1.29 is 14.8 Å². The number of carbonyl (C=O) groups is 1. The molecule has 1 rings (SSSR count). The summed E-state index contributed by atoms with van der Waals surface area (Å²) < 4.78 is 0. The number of rotatable bonds is 17. The van der Waals surface area contributed by atoms with Crippen molar-refractivity contribution in [2.45, 2.75) is 90.9 Å². The van der Waals surface area contributed by atoms with Crippen molar-refractivity contribution in [3.8, 4) is 0 Å². The average Bonchev–Trinajstić information content (AvgIpc) is 2.71. The Labute approximate surface area is 175 Å². The van der Waals surface area contributed by atoms with E-state index in [-0.39, 0.29) is 11.3 Å². The van der Waals surface area contributed by atoms with Crippen LogP contribution in [-0.2, 0) is 0 Å². The summed E-state index contributed by atoms with van der Waals surface area (Å²) >= 11 is 0. The normalized spacial score (nSPS) is 10.8. The van der Waals surface area contributed by atoms with Gasteiger partial charge in [0.1, 0.15) is 0 Å². The van der Waals surface area contributed by atoms with Crippen molar-refractivity contribution in [2.75, 3.05) is 18.0 Å². The monoisotopic (exact) mass is 406 g/mol. The lowest BCUT2D eigenvalue weighted by Crippen LogP contribution is -2.27. The summed E-state index contributed by atoms with van der Waals surface area (Å²) in [6, 6.07) is 4.21. The molecule has 0 aliphatic heterocycles. The van der Waals surface area contributed by atoms with Crippen molar-refractivity contribution in [3.05, 3.63) is 33.9 Å². The van der Waals surface area contributed by atoms with Crippen LogP contribution in [0.2, 0.25) is 0 Å². The summed E-state index contributed by atoms with van der Waals surface area (Å²) in [5.74, 6) is -1.11. The van der Waals surface area contributed by atoms with E-state index < -0.39 is 10.9 Å². The summed E-state index contributed by atoms with van der Waals surface area (Å²) in [5, 5.41) is 20.7. The Morgan fingerprint density at radius 1 is 0.897 bits per heavy atom. The van der Waals surface area contributed by atoms with Gasteiger partial charge in [0, 0.05) is 25.2 Å². The number of benzene rings is 1. The lowest BCUT2D eigenvalue weighted by molar-refractivity contribution is -0.384. The highest BCUT2D eigenvalue weighted by atomic mass is 16.6. The second-order valence-corrected chi connectivity index (χ2v) is 7.79. The van der Waals surface area contributed by atoms with Gasteiger partial charge >= 0.3 is 5.97 Å². The zero-order chi connectivity index (χ0) is 21.5. The van der Waals surface area contributed by atoms with Gasteiger partial charge < -0.3 is 10.0 Å². The van der Waals surface area contributed by atoms with E-state index in [0.717, 1.165) is 38.8 Å². The fourth-order valence-electron chi connectivity index (χ4n) is 3.60.